The minimum absolute atomic E-state index is 0.161. The highest BCUT2D eigenvalue weighted by atomic mass is 32.2. The maximum absolute atomic E-state index is 7.51. The fraction of sp³-hybridized carbons (Fsp3) is 0.333. The van der Waals surface area contributed by atoms with E-state index in [9.17, 15) is 0 Å². The summed E-state index contributed by atoms with van der Waals surface area (Å²) in [5, 5.41) is 22.2. The molecule has 0 atom stereocenters. The number of aryl methyl sites for hydroxylation is 2. The van der Waals surface area contributed by atoms with Crippen molar-refractivity contribution in [2.24, 2.45) is 21.1 Å². The number of hydrogen-bond acceptors (Lipinski definition) is 10. The van der Waals surface area contributed by atoms with Crippen molar-refractivity contribution in [1.82, 2.24) is 9.97 Å². The van der Waals surface area contributed by atoms with Crippen LogP contribution in [0.4, 0.5) is 10.1 Å². The molecular weight excluding hydrogens is 384 g/mol. The number of hydrazone groups is 1. The zero-order valence-electron chi connectivity index (χ0n) is 13.4. The second-order valence-corrected chi connectivity index (χ2v) is 7.92. The van der Waals surface area contributed by atoms with Crippen molar-refractivity contribution in [3.63, 3.8) is 0 Å². The van der Waals surface area contributed by atoms with Crippen LogP contribution in [0, 0.1) is 19.3 Å². The van der Waals surface area contributed by atoms with Gasteiger partial charge in [-0.05, 0) is 26.4 Å². The van der Waals surface area contributed by atoms with E-state index in [1.165, 1.54) is 46.2 Å². The third-order valence-electron chi connectivity index (χ3n) is 2.66. The molecule has 0 amide bonds. The number of anilines is 1. The van der Waals surface area contributed by atoms with E-state index < -0.39 is 0 Å². The number of nitrogens with zero attached hydrogens (tertiary/aromatic N) is 5. The van der Waals surface area contributed by atoms with Gasteiger partial charge in [0.25, 0.3) is 0 Å². The van der Waals surface area contributed by atoms with E-state index in [1.807, 2.05) is 20.1 Å². The van der Waals surface area contributed by atoms with Crippen molar-refractivity contribution in [2.75, 3.05) is 17.9 Å². The summed E-state index contributed by atoms with van der Waals surface area (Å²) in [6.07, 6.45) is 3.64. The number of azo groups is 1. The zero-order valence-corrected chi connectivity index (χ0v) is 16.7. The molecule has 24 heavy (non-hydrogen) atoms. The summed E-state index contributed by atoms with van der Waals surface area (Å²) in [5.74, 6) is 0. The van der Waals surface area contributed by atoms with E-state index in [0.29, 0.717) is 15.3 Å². The first-order chi connectivity index (χ1) is 11.4. The summed E-state index contributed by atoms with van der Waals surface area (Å²) >= 11 is 5.46. The monoisotopic (exact) mass is 400 g/mol. The molecule has 0 aliphatic carbocycles. The van der Waals surface area contributed by atoms with Gasteiger partial charge in [0.15, 0.2) is 10.2 Å². The summed E-state index contributed by atoms with van der Waals surface area (Å²) in [5.41, 5.74) is 10.1. The molecule has 0 spiro atoms. The molecule has 0 unspecified atom stereocenters. The molecule has 0 aromatic carbocycles. The average molecular weight is 401 g/mol. The number of hydrogen-bond donors (Lipinski definition) is 3. The van der Waals surface area contributed by atoms with Crippen LogP contribution in [0.2, 0.25) is 0 Å². The van der Waals surface area contributed by atoms with Crippen LogP contribution in [0.1, 0.15) is 11.4 Å². The number of nitrogens with one attached hydrogen (secondary N) is 2. The van der Waals surface area contributed by atoms with Gasteiger partial charge in [0.05, 0.1) is 16.3 Å². The molecular formula is C12H16N8S4. The van der Waals surface area contributed by atoms with E-state index >= 15 is 0 Å². The fourth-order valence-corrected chi connectivity index (χ4v) is 3.69. The van der Waals surface area contributed by atoms with Gasteiger partial charge in [-0.3, -0.25) is 10.8 Å². The summed E-state index contributed by atoms with van der Waals surface area (Å²) < 4.78 is 0. The van der Waals surface area contributed by atoms with Gasteiger partial charge in [-0.15, -0.1) is 15.3 Å². The topological polar surface area (TPSA) is 125 Å². The van der Waals surface area contributed by atoms with Gasteiger partial charge in [-0.2, -0.15) is 0 Å². The maximum atomic E-state index is 7.51. The highest BCUT2D eigenvalue weighted by Gasteiger charge is 2.16. The predicted molar refractivity (Wildman–Crippen MR) is 107 cm³/mol. The molecule has 8 nitrogen and oxygen atoms in total. The smallest absolute Gasteiger partial charge is 0.204 e. The van der Waals surface area contributed by atoms with Gasteiger partial charge in [-0.1, -0.05) is 46.2 Å². The van der Waals surface area contributed by atoms with Gasteiger partial charge in [0.1, 0.15) is 5.01 Å². The van der Waals surface area contributed by atoms with Crippen LogP contribution in [-0.2, 0) is 0 Å². The predicted octanol–water partition coefficient (Wildman–Crippen LogP) is 4.27. The largest absolute Gasteiger partial charge is 0.377 e. The highest BCUT2D eigenvalue weighted by molar-refractivity contribution is 8.13. The van der Waals surface area contributed by atoms with Crippen molar-refractivity contribution in [2.45, 2.75) is 13.8 Å². The second-order valence-electron chi connectivity index (χ2n) is 4.32. The van der Waals surface area contributed by atoms with Crippen LogP contribution in [0.5, 0.6) is 0 Å². The lowest BCUT2D eigenvalue weighted by Gasteiger charge is -1.95. The number of rotatable bonds is 4. The Morgan fingerprint density at radius 1 is 1.17 bits per heavy atom. The van der Waals surface area contributed by atoms with Crippen molar-refractivity contribution in [3.05, 3.63) is 11.4 Å². The Balaban J connectivity index is 2.25. The third-order valence-corrected chi connectivity index (χ3v) is 5.89. The zero-order chi connectivity index (χ0) is 17.7. The normalized spacial score (nSPS) is 12.1. The van der Waals surface area contributed by atoms with Crippen molar-refractivity contribution < 1.29 is 0 Å². The van der Waals surface area contributed by atoms with Crippen LogP contribution < -0.4 is 11.2 Å². The molecule has 128 valence electrons. The highest BCUT2D eigenvalue weighted by Crippen LogP contribution is 2.39. The number of amidine groups is 2. The molecule has 0 bridgehead atoms. The standard InChI is InChI=1S/C12H16N8S4/c1-5-7(23-12(16-5)20-19-11(14)22-4)9-15-6(2)8(24-9)17-18-10(13)21-3/h13H,1-4H3,(H2,14,19)(H,16,20)/b13-10?,18-17-. The van der Waals surface area contributed by atoms with E-state index in [1.54, 1.807) is 6.26 Å². The van der Waals surface area contributed by atoms with Crippen molar-refractivity contribution >= 4 is 66.7 Å². The summed E-state index contributed by atoms with van der Waals surface area (Å²) in [6.45, 7) is 3.79. The van der Waals surface area contributed by atoms with E-state index in [0.717, 1.165) is 21.3 Å². The molecule has 12 heteroatoms. The Labute approximate surface area is 156 Å². The van der Waals surface area contributed by atoms with Crippen LogP contribution in [-0.4, -0.2) is 32.8 Å². The fourth-order valence-electron chi connectivity index (χ4n) is 1.50. The van der Waals surface area contributed by atoms with Crippen LogP contribution in [0.25, 0.3) is 9.88 Å². The van der Waals surface area contributed by atoms with Gasteiger partial charge in [-0.25, -0.2) is 9.97 Å². The van der Waals surface area contributed by atoms with Crippen molar-refractivity contribution in [1.29, 1.82) is 5.41 Å². The van der Waals surface area contributed by atoms with Crippen LogP contribution in [0.15, 0.2) is 15.3 Å². The number of nitrogens with two attached hydrogens (primary N) is 1. The van der Waals surface area contributed by atoms with Crippen LogP contribution >= 0.6 is 46.2 Å². The van der Waals surface area contributed by atoms with E-state index in [-0.39, 0.29) is 5.17 Å². The molecule has 0 saturated heterocycles. The lowest BCUT2D eigenvalue weighted by Crippen LogP contribution is -2.08. The number of thiazole rings is 2. The molecule has 2 aromatic rings. The molecule has 0 aliphatic heterocycles. The Bertz CT molecular complexity index is 791. The van der Waals surface area contributed by atoms with Crippen LogP contribution in [0.3, 0.4) is 0 Å². The molecule has 0 fully saturated rings. The Kier molecular flexibility index (Phi) is 6.71. The summed E-state index contributed by atoms with van der Waals surface area (Å²) in [4.78, 5) is 9.92. The average Bonchev–Trinajstić information content (AvgIpc) is 3.12. The number of aromatic nitrogens is 2. The lowest BCUT2D eigenvalue weighted by molar-refractivity contribution is 1.20. The molecule has 0 radical (unpaired) electrons. The summed E-state index contributed by atoms with van der Waals surface area (Å²) in [7, 11) is 0. The minimum Gasteiger partial charge on any atom is -0.377 e. The molecule has 2 aromatic heterocycles. The maximum Gasteiger partial charge on any atom is 0.204 e. The molecule has 2 rings (SSSR count). The van der Waals surface area contributed by atoms with Gasteiger partial charge in [0, 0.05) is 0 Å². The first kappa shape index (κ1) is 18.8. The SMILES string of the molecule is CSC(=N)/N=N\c1sc(-c2sc(N/N=C(\N)SC)nc2C)nc1C. The van der Waals surface area contributed by atoms with E-state index in [2.05, 4.69) is 30.7 Å². The number of thioether (sulfide) groups is 2. The third kappa shape index (κ3) is 4.75. The molecule has 0 saturated carbocycles. The molecule has 4 N–H and O–H groups in total. The van der Waals surface area contributed by atoms with Gasteiger partial charge < -0.3 is 5.73 Å². The lowest BCUT2D eigenvalue weighted by atomic mass is 10.4. The first-order valence-electron chi connectivity index (χ1n) is 6.57. The molecule has 2 heterocycles. The summed E-state index contributed by atoms with van der Waals surface area (Å²) in [6, 6.07) is 0. The Morgan fingerprint density at radius 2 is 1.92 bits per heavy atom. The quantitative estimate of drug-likeness (QED) is 0.305. The van der Waals surface area contributed by atoms with Gasteiger partial charge >= 0.3 is 0 Å². The Hall–Kier alpha value is -1.50. The second kappa shape index (κ2) is 8.55. The first-order valence-corrected chi connectivity index (χ1v) is 10.7. The van der Waals surface area contributed by atoms with Crippen molar-refractivity contribution in [3.8, 4) is 9.88 Å². The van der Waals surface area contributed by atoms with Gasteiger partial charge in [0.2, 0.25) is 10.3 Å². The minimum atomic E-state index is 0.161. The Morgan fingerprint density at radius 3 is 2.58 bits per heavy atom. The van der Waals surface area contributed by atoms with E-state index in [4.69, 9.17) is 11.1 Å². The molecule has 0 aliphatic rings.